The molecular weight excluding hydrogens is 325 g/mol. The van der Waals surface area contributed by atoms with E-state index in [-0.39, 0.29) is 13.0 Å². The van der Waals surface area contributed by atoms with E-state index in [4.69, 9.17) is 9.47 Å². The molecular formula is C19H20FNO4. The molecule has 25 heavy (non-hydrogen) atoms. The fourth-order valence-electron chi connectivity index (χ4n) is 2.04. The number of nitrogens with one attached hydrogen (secondary N) is 1. The minimum Gasteiger partial charge on any atom is -0.493 e. The van der Waals surface area contributed by atoms with Gasteiger partial charge in [-0.05, 0) is 49.2 Å². The van der Waals surface area contributed by atoms with Crippen LogP contribution in [0.15, 0.2) is 42.5 Å². The van der Waals surface area contributed by atoms with Crippen molar-refractivity contribution in [1.29, 1.82) is 0 Å². The molecule has 0 bridgehead atoms. The summed E-state index contributed by atoms with van der Waals surface area (Å²) in [5.41, 5.74) is 1.86. The Kier molecular flexibility index (Phi) is 6.51. The summed E-state index contributed by atoms with van der Waals surface area (Å²) < 4.78 is 23.7. The molecule has 0 aromatic heterocycles. The van der Waals surface area contributed by atoms with Gasteiger partial charge in [-0.1, -0.05) is 18.2 Å². The second-order valence-electron chi connectivity index (χ2n) is 5.59. The lowest BCUT2D eigenvalue weighted by Crippen LogP contribution is -2.21. The second-order valence-corrected chi connectivity index (χ2v) is 5.59. The molecule has 0 saturated heterocycles. The highest BCUT2D eigenvalue weighted by molar-refractivity contribution is 5.92. The zero-order valence-corrected chi connectivity index (χ0v) is 14.2. The predicted molar refractivity (Wildman–Crippen MR) is 92.0 cm³/mol. The Morgan fingerprint density at radius 3 is 2.64 bits per heavy atom. The number of halogens is 1. The van der Waals surface area contributed by atoms with Crippen molar-refractivity contribution in [3.05, 3.63) is 59.4 Å². The molecule has 0 unspecified atom stereocenters. The van der Waals surface area contributed by atoms with Crippen LogP contribution in [0.1, 0.15) is 17.5 Å². The summed E-state index contributed by atoms with van der Waals surface area (Å²) in [6.07, 6.45) is 0.0282. The van der Waals surface area contributed by atoms with Crippen molar-refractivity contribution in [3.63, 3.8) is 0 Å². The molecule has 0 saturated carbocycles. The summed E-state index contributed by atoms with van der Waals surface area (Å²) in [7, 11) is 0. The predicted octanol–water partition coefficient (Wildman–Crippen LogP) is 3.39. The number of hydrogen-bond acceptors (Lipinski definition) is 4. The molecule has 0 radical (unpaired) electrons. The average Bonchev–Trinajstić information content (AvgIpc) is 2.56. The summed E-state index contributed by atoms with van der Waals surface area (Å²) in [5.74, 6) is -0.816. The molecule has 2 rings (SSSR count). The summed E-state index contributed by atoms with van der Waals surface area (Å²) in [5, 5.41) is 2.47. The third-order valence-corrected chi connectivity index (χ3v) is 3.38. The number of esters is 1. The lowest BCUT2D eigenvalue weighted by Gasteiger charge is -2.08. The first-order valence-corrected chi connectivity index (χ1v) is 7.85. The number of aryl methyl sites for hydroxylation is 2. The zero-order chi connectivity index (χ0) is 18.2. The Morgan fingerprint density at radius 1 is 1.12 bits per heavy atom. The SMILES string of the molecule is Cc1cccc(OCCC(=O)OCC(=O)Nc2ccc(C)c(F)c2)c1. The van der Waals surface area contributed by atoms with Gasteiger partial charge in [0.25, 0.3) is 5.91 Å². The number of hydrogen-bond donors (Lipinski definition) is 1. The van der Waals surface area contributed by atoms with Crippen LogP contribution in [0.2, 0.25) is 0 Å². The molecule has 5 nitrogen and oxygen atoms in total. The van der Waals surface area contributed by atoms with Crippen molar-refractivity contribution >= 4 is 17.6 Å². The number of ether oxygens (including phenoxy) is 2. The number of carbonyl (C=O) groups excluding carboxylic acids is 2. The molecule has 1 amide bonds. The van der Waals surface area contributed by atoms with Gasteiger partial charge in [0.15, 0.2) is 6.61 Å². The van der Waals surface area contributed by atoms with Crippen LogP contribution in [0.4, 0.5) is 10.1 Å². The van der Waals surface area contributed by atoms with Gasteiger partial charge < -0.3 is 14.8 Å². The van der Waals surface area contributed by atoms with E-state index >= 15 is 0 Å². The summed E-state index contributed by atoms with van der Waals surface area (Å²) in [6.45, 7) is 3.30. The van der Waals surface area contributed by atoms with Gasteiger partial charge in [0, 0.05) is 5.69 Å². The maximum Gasteiger partial charge on any atom is 0.309 e. The quantitative estimate of drug-likeness (QED) is 0.781. The van der Waals surface area contributed by atoms with Crippen LogP contribution in [0, 0.1) is 19.7 Å². The number of benzene rings is 2. The highest BCUT2D eigenvalue weighted by Gasteiger charge is 2.09. The van der Waals surface area contributed by atoms with E-state index < -0.39 is 24.3 Å². The molecule has 0 aliphatic heterocycles. The normalized spacial score (nSPS) is 10.2. The first-order chi connectivity index (χ1) is 11.9. The standard InChI is InChI=1S/C19H20FNO4/c1-13-4-3-5-16(10-13)24-9-8-19(23)25-12-18(22)21-15-7-6-14(2)17(20)11-15/h3-7,10-11H,8-9,12H2,1-2H3,(H,21,22). The van der Waals surface area contributed by atoms with E-state index in [1.54, 1.807) is 25.1 Å². The number of anilines is 1. The highest BCUT2D eigenvalue weighted by atomic mass is 19.1. The van der Waals surface area contributed by atoms with Crippen LogP contribution in [0.25, 0.3) is 0 Å². The molecule has 0 aliphatic carbocycles. The van der Waals surface area contributed by atoms with Gasteiger partial charge in [-0.25, -0.2) is 4.39 Å². The van der Waals surface area contributed by atoms with Crippen molar-refractivity contribution in [2.24, 2.45) is 0 Å². The zero-order valence-electron chi connectivity index (χ0n) is 14.2. The molecule has 0 heterocycles. The van der Waals surface area contributed by atoms with Crippen LogP contribution >= 0.6 is 0 Å². The van der Waals surface area contributed by atoms with Crippen molar-refractivity contribution in [2.45, 2.75) is 20.3 Å². The van der Waals surface area contributed by atoms with Gasteiger partial charge in [0.2, 0.25) is 0 Å². The summed E-state index contributed by atoms with van der Waals surface area (Å²) in [6, 6.07) is 11.8. The van der Waals surface area contributed by atoms with E-state index in [2.05, 4.69) is 5.32 Å². The van der Waals surface area contributed by atoms with E-state index in [0.717, 1.165) is 5.56 Å². The smallest absolute Gasteiger partial charge is 0.309 e. The van der Waals surface area contributed by atoms with Crippen LogP contribution < -0.4 is 10.1 Å². The Hall–Kier alpha value is -2.89. The fraction of sp³-hybridized carbons (Fsp3) is 0.263. The van der Waals surface area contributed by atoms with Gasteiger partial charge in [-0.2, -0.15) is 0 Å². The van der Waals surface area contributed by atoms with Gasteiger partial charge in [0.1, 0.15) is 11.6 Å². The lowest BCUT2D eigenvalue weighted by molar-refractivity contribution is -0.147. The number of amides is 1. The minimum absolute atomic E-state index is 0.0282. The van der Waals surface area contributed by atoms with Crippen molar-refractivity contribution < 1.29 is 23.5 Å². The van der Waals surface area contributed by atoms with Crippen LogP contribution in [0.5, 0.6) is 5.75 Å². The average molecular weight is 345 g/mol. The maximum absolute atomic E-state index is 13.4. The highest BCUT2D eigenvalue weighted by Crippen LogP contribution is 2.14. The second kappa shape index (κ2) is 8.82. The van der Waals surface area contributed by atoms with E-state index in [9.17, 15) is 14.0 Å². The van der Waals surface area contributed by atoms with Crippen LogP contribution in [0.3, 0.4) is 0 Å². The van der Waals surface area contributed by atoms with Crippen molar-refractivity contribution in [3.8, 4) is 5.75 Å². The largest absolute Gasteiger partial charge is 0.493 e. The van der Waals surface area contributed by atoms with E-state index in [0.29, 0.717) is 17.0 Å². The summed E-state index contributed by atoms with van der Waals surface area (Å²) >= 11 is 0. The molecule has 1 N–H and O–H groups in total. The third kappa shape index (κ3) is 6.25. The Balaban J connectivity index is 1.68. The van der Waals surface area contributed by atoms with Gasteiger partial charge in [0.05, 0.1) is 13.0 Å². The minimum atomic E-state index is -0.544. The third-order valence-electron chi connectivity index (χ3n) is 3.38. The van der Waals surface area contributed by atoms with E-state index in [1.807, 2.05) is 25.1 Å². The fourth-order valence-corrected chi connectivity index (χ4v) is 2.04. The van der Waals surface area contributed by atoms with Gasteiger partial charge >= 0.3 is 5.97 Å². The molecule has 0 spiro atoms. The maximum atomic E-state index is 13.4. The van der Waals surface area contributed by atoms with E-state index in [1.165, 1.54) is 6.07 Å². The van der Waals surface area contributed by atoms with Crippen molar-refractivity contribution in [2.75, 3.05) is 18.5 Å². The van der Waals surface area contributed by atoms with Gasteiger partial charge in [-0.3, -0.25) is 9.59 Å². The number of carbonyl (C=O) groups is 2. The first kappa shape index (κ1) is 18.4. The topological polar surface area (TPSA) is 64.6 Å². The lowest BCUT2D eigenvalue weighted by atomic mass is 10.2. The molecule has 2 aromatic rings. The molecule has 0 atom stereocenters. The van der Waals surface area contributed by atoms with Crippen LogP contribution in [-0.4, -0.2) is 25.1 Å². The summed E-state index contributed by atoms with van der Waals surface area (Å²) in [4.78, 5) is 23.3. The molecule has 6 heteroatoms. The number of rotatable bonds is 7. The van der Waals surface area contributed by atoms with Gasteiger partial charge in [-0.15, -0.1) is 0 Å². The molecule has 132 valence electrons. The first-order valence-electron chi connectivity index (χ1n) is 7.85. The Bertz CT molecular complexity index is 761. The molecule has 2 aromatic carbocycles. The Labute approximate surface area is 145 Å². The molecule has 0 fully saturated rings. The monoisotopic (exact) mass is 345 g/mol. The van der Waals surface area contributed by atoms with Crippen LogP contribution in [-0.2, 0) is 14.3 Å². The molecule has 0 aliphatic rings. The van der Waals surface area contributed by atoms with Crippen molar-refractivity contribution in [1.82, 2.24) is 0 Å². The Morgan fingerprint density at radius 2 is 1.92 bits per heavy atom.